The Morgan fingerprint density at radius 3 is 2.37 bits per heavy atom. The van der Waals surface area contributed by atoms with Crippen LogP contribution in [0.2, 0.25) is 0 Å². The minimum atomic E-state index is -0.278. The van der Waals surface area contributed by atoms with E-state index in [1.54, 1.807) is 12.1 Å². The second-order valence-corrected chi connectivity index (χ2v) is 6.93. The van der Waals surface area contributed by atoms with Crippen LogP contribution in [-0.4, -0.2) is 46.2 Å². The largest absolute Gasteiger partial charge is 0.419 e. The van der Waals surface area contributed by atoms with Crippen molar-refractivity contribution in [3.05, 3.63) is 71.9 Å². The molecule has 1 aliphatic rings. The van der Waals surface area contributed by atoms with Gasteiger partial charge in [-0.15, -0.1) is 10.2 Å². The highest BCUT2D eigenvalue weighted by atomic mass is 19.1. The molecule has 140 valence electrons. The molecule has 1 atom stereocenters. The Kier molecular flexibility index (Phi) is 5.27. The molecule has 0 radical (unpaired) electrons. The van der Waals surface area contributed by atoms with E-state index in [9.17, 15) is 4.39 Å². The van der Waals surface area contributed by atoms with Gasteiger partial charge in [-0.3, -0.25) is 9.80 Å². The van der Waals surface area contributed by atoms with Crippen LogP contribution in [0.1, 0.15) is 24.4 Å². The van der Waals surface area contributed by atoms with E-state index in [0.29, 0.717) is 11.8 Å². The van der Waals surface area contributed by atoms with Crippen LogP contribution >= 0.6 is 0 Å². The molecule has 2 aromatic carbocycles. The van der Waals surface area contributed by atoms with Gasteiger partial charge in [0.1, 0.15) is 5.82 Å². The summed E-state index contributed by atoms with van der Waals surface area (Å²) in [4.78, 5) is 4.83. The van der Waals surface area contributed by atoms with E-state index in [1.165, 1.54) is 17.7 Å². The minimum absolute atomic E-state index is 0.0607. The summed E-state index contributed by atoms with van der Waals surface area (Å²) in [5.41, 5.74) is 2.08. The molecule has 27 heavy (non-hydrogen) atoms. The van der Waals surface area contributed by atoms with E-state index >= 15 is 0 Å². The molecule has 0 saturated carbocycles. The van der Waals surface area contributed by atoms with Crippen molar-refractivity contribution in [3.8, 4) is 11.5 Å². The second-order valence-electron chi connectivity index (χ2n) is 6.93. The third kappa shape index (κ3) is 4.23. The third-order valence-electron chi connectivity index (χ3n) is 5.09. The van der Waals surface area contributed by atoms with Crippen molar-refractivity contribution in [2.45, 2.75) is 19.5 Å². The van der Waals surface area contributed by atoms with E-state index in [-0.39, 0.29) is 11.9 Å². The van der Waals surface area contributed by atoms with Crippen molar-refractivity contribution < 1.29 is 8.81 Å². The number of aromatic nitrogens is 2. The fraction of sp³-hybridized carbons (Fsp3) is 0.333. The summed E-state index contributed by atoms with van der Waals surface area (Å²) in [6.07, 6.45) is 0. The van der Waals surface area contributed by atoms with Crippen LogP contribution in [-0.2, 0) is 6.54 Å². The molecule has 1 saturated heterocycles. The standard InChI is InChI=1S/C21H23FN4O/c1-16(20-23-24-21(27-20)18-7-9-19(22)10-8-18)26-13-11-25(12-14-26)15-17-5-3-2-4-6-17/h2-10,16H,11-15H2,1H3/t16-/m1/s1. The van der Waals surface area contributed by atoms with E-state index < -0.39 is 0 Å². The van der Waals surface area contributed by atoms with Gasteiger partial charge in [0.25, 0.3) is 0 Å². The van der Waals surface area contributed by atoms with Crippen LogP contribution in [0.3, 0.4) is 0 Å². The SMILES string of the molecule is C[C@H](c1nnc(-c2ccc(F)cc2)o1)N1CCN(Cc2ccccc2)CC1. The lowest BCUT2D eigenvalue weighted by atomic mass is 10.2. The number of hydrogen-bond acceptors (Lipinski definition) is 5. The molecule has 1 fully saturated rings. The van der Waals surface area contributed by atoms with Gasteiger partial charge in [-0.05, 0) is 36.8 Å². The average molecular weight is 366 g/mol. The van der Waals surface area contributed by atoms with Crippen molar-refractivity contribution in [1.82, 2.24) is 20.0 Å². The molecule has 0 spiro atoms. The van der Waals surface area contributed by atoms with Crippen molar-refractivity contribution in [1.29, 1.82) is 0 Å². The fourth-order valence-corrected chi connectivity index (χ4v) is 3.42. The van der Waals surface area contributed by atoms with Gasteiger partial charge in [-0.25, -0.2) is 4.39 Å². The topological polar surface area (TPSA) is 45.4 Å². The Morgan fingerprint density at radius 1 is 0.963 bits per heavy atom. The minimum Gasteiger partial charge on any atom is -0.419 e. The predicted molar refractivity (Wildman–Crippen MR) is 101 cm³/mol. The highest BCUT2D eigenvalue weighted by Gasteiger charge is 2.25. The number of hydrogen-bond donors (Lipinski definition) is 0. The Labute approximate surface area is 158 Å². The van der Waals surface area contributed by atoms with Crippen LogP contribution in [0.25, 0.3) is 11.5 Å². The monoisotopic (exact) mass is 366 g/mol. The van der Waals surface area contributed by atoms with Crippen LogP contribution in [0, 0.1) is 5.82 Å². The normalized spacial score (nSPS) is 17.1. The molecule has 6 heteroatoms. The van der Waals surface area contributed by atoms with Gasteiger partial charge in [-0.1, -0.05) is 30.3 Å². The Morgan fingerprint density at radius 2 is 1.67 bits per heavy atom. The van der Waals surface area contributed by atoms with Crippen LogP contribution < -0.4 is 0 Å². The molecule has 2 heterocycles. The first kappa shape index (κ1) is 17.8. The summed E-state index contributed by atoms with van der Waals surface area (Å²) in [6.45, 7) is 7.02. The summed E-state index contributed by atoms with van der Waals surface area (Å²) >= 11 is 0. The lowest BCUT2D eigenvalue weighted by molar-refractivity contribution is 0.0876. The van der Waals surface area contributed by atoms with E-state index in [2.05, 4.69) is 51.2 Å². The number of piperazine rings is 1. The van der Waals surface area contributed by atoms with Gasteiger partial charge in [0, 0.05) is 38.3 Å². The highest BCUT2D eigenvalue weighted by Crippen LogP contribution is 2.25. The first-order chi connectivity index (χ1) is 13.2. The molecule has 0 aliphatic carbocycles. The summed E-state index contributed by atoms with van der Waals surface area (Å²) in [7, 11) is 0. The van der Waals surface area contributed by atoms with Gasteiger partial charge in [0.2, 0.25) is 11.8 Å². The maximum absolute atomic E-state index is 13.1. The molecule has 3 aromatic rings. The quantitative estimate of drug-likeness (QED) is 0.688. The van der Waals surface area contributed by atoms with E-state index in [1.807, 2.05) is 6.07 Å². The van der Waals surface area contributed by atoms with Crippen LogP contribution in [0.4, 0.5) is 4.39 Å². The van der Waals surface area contributed by atoms with Gasteiger partial charge in [-0.2, -0.15) is 0 Å². The molecule has 0 N–H and O–H groups in total. The number of benzene rings is 2. The summed E-state index contributed by atoms with van der Waals surface area (Å²) in [5.74, 6) is 0.755. The molecule has 5 nitrogen and oxygen atoms in total. The zero-order valence-corrected chi connectivity index (χ0v) is 15.4. The first-order valence-electron chi connectivity index (χ1n) is 9.29. The van der Waals surface area contributed by atoms with E-state index in [4.69, 9.17) is 4.42 Å². The van der Waals surface area contributed by atoms with Crippen molar-refractivity contribution >= 4 is 0 Å². The summed E-state index contributed by atoms with van der Waals surface area (Å²) in [5, 5.41) is 8.34. The maximum Gasteiger partial charge on any atom is 0.247 e. The first-order valence-corrected chi connectivity index (χ1v) is 9.29. The number of halogens is 1. The van der Waals surface area contributed by atoms with Crippen LogP contribution in [0.15, 0.2) is 59.0 Å². The molecule has 1 aromatic heterocycles. The summed E-state index contributed by atoms with van der Waals surface area (Å²) in [6, 6.07) is 16.7. The van der Waals surface area contributed by atoms with Crippen molar-refractivity contribution in [2.75, 3.05) is 26.2 Å². The third-order valence-corrected chi connectivity index (χ3v) is 5.09. The summed E-state index contributed by atoms with van der Waals surface area (Å²) < 4.78 is 18.9. The van der Waals surface area contributed by atoms with Crippen LogP contribution in [0.5, 0.6) is 0 Å². The number of rotatable bonds is 5. The molecule has 0 amide bonds. The molecule has 0 unspecified atom stereocenters. The Hall–Kier alpha value is -2.57. The van der Waals surface area contributed by atoms with Crippen molar-refractivity contribution in [2.24, 2.45) is 0 Å². The van der Waals surface area contributed by atoms with Gasteiger partial charge >= 0.3 is 0 Å². The molecular formula is C21H23FN4O. The molecule has 0 bridgehead atoms. The fourth-order valence-electron chi connectivity index (χ4n) is 3.42. The smallest absolute Gasteiger partial charge is 0.247 e. The van der Waals surface area contributed by atoms with Crippen molar-refractivity contribution in [3.63, 3.8) is 0 Å². The Bertz CT molecular complexity index is 857. The van der Waals surface area contributed by atoms with Gasteiger partial charge < -0.3 is 4.42 Å². The van der Waals surface area contributed by atoms with Gasteiger partial charge in [0.05, 0.1) is 6.04 Å². The van der Waals surface area contributed by atoms with Gasteiger partial charge in [0.15, 0.2) is 0 Å². The predicted octanol–water partition coefficient (Wildman–Crippen LogP) is 3.75. The average Bonchev–Trinajstić information content (AvgIpc) is 3.20. The second kappa shape index (κ2) is 7.98. The van der Waals surface area contributed by atoms with E-state index in [0.717, 1.165) is 38.3 Å². The highest BCUT2D eigenvalue weighted by molar-refractivity contribution is 5.51. The zero-order chi connectivity index (χ0) is 18.6. The lowest BCUT2D eigenvalue weighted by Crippen LogP contribution is -2.46. The molecule has 4 rings (SSSR count). The molecule has 1 aliphatic heterocycles. The Balaban J connectivity index is 1.35. The molecular weight excluding hydrogens is 343 g/mol. The zero-order valence-electron chi connectivity index (χ0n) is 15.4. The lowest BCUT2D eigenvalue weighted by Gasteiger charge is -2.36. The number of nitrogens with zero attached hydrogens (tertiary/aromatic N) is 4. The maximum atomic E-state index is 13.1.